The van der Waals surface area contributed by atoms with Crippen LogP contribution >= 0.6 is 11.8 Å². The van der Waals surface area contributed by atoms with Gasteiger partial charge in [-0.2, -0.15) is 0 Å². The molecule has 88 valence electrons. The number of hydrogen-bond donors (Lipinski definition) is 2. The van der Waals surface area contributed by atoms with E-state index in [4.69, 9.17) is 4.74 Å². The molecule has 2 amide bonds. The summed E-state index contributed by atoms with van der Waals surface area (Å²) in [6.07, 6.45) is 1.50. The Morgan fingerprint density at radius 1 is 1.41 bits per heavy atom. The number of imide groups is 1. The first kappa shape index (κ1) is 11.5. The van der Waals surface area contributed by atoms with Crippen molar-refractivity contribution in [1.82, 2.24) is 5.32 Å². The minimum absolute atomic E-state index is 0.0171. The first-order chi connectivity index (χ1) is 8.11. The number of phenolic OH excluding ortho intramolecular Hbond substituents is 1. The molecule has 1 saturated heterocycles. The lowest BCUT2D eigenvalue weighted by Crippen LogP contribution is -2.17. The SMILES string of the molecule is COc1c(O)cccc1/C=C1\SC(=O)NC1=O. The van der Waals surface area contributed by atoms with Crippen LogP contribution in [0, 0.1) is 0 Å². The van der Waals surface area contributed by atoms with Crippen molar-refractivity contribution in [3.8, 4) is 11.5 Å². The number of aromatic hydroxyl groups is 1. The number of thioether (sulfide) groups is 1. The third-order valence-electron chi connectivity index (χ3n) is 2.16. The molecule has 0 unspecified atom stereocenters. The Morgan fingerprint density at radius 3 is 2.76 bits per heavy atom. The Hall–Kier alpha value is -1.95. The number of benzene rings is 1. The van der Waals surface area contributed by atoms with E-state index in [2.05, 4.69) is 5.32 Å². The van der Waals surface area contributed by atoms with E-state index in [1.54, 1.807) is 12.1 Å². The molecule has 0 bridgehead atoms. The predicted octanol–water partition coefficient (Wildman–Crippen LogP) is 1.72. The summed E-state index contributed by atoms with van der Waals surface area (Å²) in [6.45, 7) is 0. The summed E-state index contributed by atoms with van der Waals surface area (Å²) in [5.74, 6) is -0.185. The van der Waals surface area contributed by atoms with Gasteiger partial charge >= 0.3 is 0 Å². The predicted molar refractivity (Wildman–Crippen MR) is 63.8 cm³/mol. The molecular weight excluding hydrogens is 242 g/mol. The average molecular weight is 251 g/mol. The summed E-state index contributed by atoms with van der Waals surface area (Å²) in [6, 6.07) is 4.79. The summed E-state index contributed by atoms with van der Waals surface area (Å²) in [7, 11) is 1.42. The molecule has 1 fully saturated rings. The van der Waals surface area contributed by atoms with E-state index >= 15 is 0 Å². The topological polar surface area (TPSA) is 75.6 Å². The highest BCUT2D eigenvalue weighted by molar-refractivity contribution is 8.18. The molecule has 1 aliphatic heterocycles. The lowest BCUT2D eigenvalue weighted by atomic mass is 10.1. The zero-order valence-electron chi connectivity index (χ0n) is 8.89. The van der Waals surface area contributed by atoms with Crippen molar-refractivity contribution in [3.63, 3.8) is 0 Å². The second-order valence-corrected chi connectivity index (χ2v) is 4.27. The Labute approximate surface area is 101 Å². The number of phenols is 1. The maximum atomic E-state index is 11.3. The maximum Gasteiger partial charge on any atom is 0.290 e. The van der Waals surface area contributed by atoms with Gasteiger partial charge in [0.1, 0.15) is 0 Å². The van der Waals surface area contributed by atoms with E-state index in [-0.39, 0.29) is 16.4 Å². The minimum atomic E-state index is -0.439. The second-order valence-electron chi connectivity index (χ2n) is 3.25. The number of nitrogens with one attached hydrogen (secondary N) is 1. The summed E-state index contributed by atoms with van der Waals surface area (Å²) >= 11 is 0.818. The number of ether oxygens (including phenoxy) is 1. The van der Waals surface area contributed by atoms with Crippen LogP contribution in [0.15, 0.2) is 23.1 Å². The number of carbonyl (C=O) groups excluding carboxylic acids is 2. The minimum Gasteiger partial charge on any atom is -0.504 e. The standard InChI is InChI=1S/C11H9NO4S/c1-16-9-6(3-2-4-7(9)13)5-8-10(14)12-11(15)17-8/h2-5,13H,1H3,(H,12,14,15)/b8-5-. The molecule has 0 aromatic heterocycles. The molecule has 1 aromatic rings. The van der Waals surface area contributed by atoms with Crippen LogP contribution < -0.4 is 10.1 Å². The zero-order chi connectivity index (χ0) is 12.4. The highest BCUT2D eigenvalue weighted by atomic mass is 32.2. The zero-order valence-corrected chi connectivity index (χ0v) is 9.71. The molecule has 2 N–H and O–H groups in total. The summed E-state index contributed by atoms with van der Waals surface area (Å²) in [4.78, 5) is 22.6. The number of para-hydroxylation sites is 1. The van der Waals surface area contributed by atoms with Gasteiger partial charge < -0.3 is 9.84 Å². The number of rotatable bonds is 2. The molecular formula is C11H9NO4S. The quantitative estimate of drug-likeness (QED) is 0.783. The molecule has 1 aromatic carbocycles. The van der Waals surface area contributed by atoms with Gasteiger partial charge in [-0.25, -0.2) is 0 Å². The van der Waals surface area contributed by atoms with Gasteiger partial charge in [0.25, 0.3) is 11.1 Å². The van der Waals surface area contributed by atoms with Gasteiger partial charge in [0, 0.05) is 5.56 Å². The highest BCUT2D eigenvalue weighted by Gasteiger charge is 2.25. The van der Waals surface area contributed by atoms with E-state index in [9.17, 15) is 14.7 Å². The monoisotopic (exact) mass is 251 g/mol. The normalized spacial score (nSPS) is 17.4. The smallest absolute Gasteiger partial charge is 0.290 e. The molecule has 0 atom stereocenters. The van der Waals surface area contributed by atoms with Crippen LogP contribution in [0.3, 0.4) is 0 Å². The van der Waals surface area contributed by atoms with Gasteiger partial charge in [0.2, 0.25) is 0 Å². The molecule has 2 rings (SSSR count). The van der Waals surface area contributed by atoms with Gasteiger partial charge in [0.05, 0.1) is 12.0 Å². The van der Waals surface area contributed by atoms with Crippen LogP contribution in [0.4, 0.5) is 4.79 Å². The van der Waals surface area contributed by atoms with Gasteiger partial charge in [-0.1, -0.05) is 12.1 Å². The summed E-state index contributed by atoms with van der Waals surface area (Å²) in [5, 5.41) is 11.3. The molecule has 0 radical (unpaired) electrons. The van der Waals surface area contributed by atoms with Crippen LogP contribution in [-0.4, -0.2) is 23.4 Å². The summed E-state index contributed by atoms with van der Waals surface area (Å²) in [5.41, 5.74) is 0.542. The fraction of sp³-hybridized carbons (Fsp3) is 0.0909. The number of carbonyl (C=O) groups is 2. The van der Waals surface area contributed by atoms with E-state index in [0.717, 1.165) is 11.8 Å². The Morgan fingerprint density at radius 2 is 2.18 bits per heavy atom. The highest BCUT2D eigenvalue weighted by Crippen LogP contribution is 2.33. The van der Waals surface area contributed by atoms with Crippen molar-refractivity contribution in [3.05, 3.63) is 28.7 Å². The summed E-state index contributed by atoms with van der Waals surface area (Å²) < 4.78 is 5.03. The third kappa shape index (κ3) is 2.26. The number of methoxy groups -OCH3 is 1. The molecule has 0 spiro atoms. The van der Waals surface area contributed by atoms with Crippen molar-refractivity contribution in [2.24, 2.45) is 0 Å². The Balaban J connectivity index is 2.42. The molecule has 1 heterocycles. The van der Waals surface area contributed by atoms with Crippen molar-refractivity contribution in [1.29, 1.82) is 0 Å². The average Bonchev–Trinajstić information content (AvgIpc) is 2.58. The first-order valence-electron chi connectivity index (χ1n) is 4.72. The van der Waals surface area contributed by atoms with Crippen LogP contribution in [-0.2, 0) is 4.79 Å². The molecule has 6 heteroatoms. The fourth-order valence-corrected chi connectivity index (χ4v) is 2.11. The fourth-order valence-electron chi connectivity index (χ4n) is 1.44. The molecule has 1 aliphatic rings. The molecule has 5 nitrogen and oxygen atoms in total. The Bertz CT molecular complexity index is 524. The van der Waals surface area contributed by atoms with Crippen LogP contribution in [0.5, 0.6) is 11.5 Å². The van der Waals surface area contributed by atoms with Gasteiger partial charge in [-0.05, 0) is 23.9 Å². The van der Waals surface area contributed by atoms with Crippen molar-refractivity contribution in [2.75, 3.05) is 7.11 Å². The lowest BCUT2D eigenvalue weighted by Gasteiger charge is -2.06. The third-order valence-corrected chi connectivity index (χ3v) is 2.97. The van der Waals surface area contributed by atoms with Gasteiger partial charge in [-0.15, -0.1) is 0 Å². The van der Waals surface area contributed by atoms with E-state index in [0.29, 0.717) is 5.56 Å². The lowest BCUT2D eigenvalue weighted by molar-refractivity contribution is -0.115. The first-order valence-corrected chi connectivity index (χ1v) is 5.54. The number of amides is 2. The van der Waals surface area contributed by atoms with Crippen molar-refractivity contribution in [2.45, 2.75) is 0 Å². The molecule has 17 heavy (non-hydrogen) atoms. The van der Waals surface area contributed by atoms with E-state index in [1.807, 2.05) is 0 Å². The largest absolute Gasteiger partial charge is 0.504 e. The van der Waals surface area contributed by atoms with Crippen LogP contribution in [0.25, 0.3) is 6.08 Å². The second kappa shape index (κ2) is 4.50. The van der Waals surface area contributed by atoms with Crippen molar-refractivity contribution < 1.29 is 19.4 Å². The Kier molecular flexibility index (Phi) is 3.06. The van der Waals surface area contributed by atoms with Gasteiger partial charge in [0.15, 0.2) is 11.5 Å². The van der Waals surface area contributed by atoms with Crippen LogP contribution in [0.1, 0.15) is 5.56 Å². The molecule has 0 saturated carbocycles. The van der Waals surface area contributed by atoms with Crippen LogP contribution in [0.2, 0.25) is 0 Å². The van der Waals surface area contributed by atoms with Gasteiger partial charge in [-0.3, -0.25) is 14.9 Å². The molecule has 0 aliphatic carbocycles. The van der Waals surface area contributed by atoms with E-state index in [1.165, 1.54) is 19.3 Å². The van der Waals surface area contributed by atoms with Crippen molar-refractivity contribution >= 4 is 29.0 Å². The van der Waals surface area contributed by atoms with E-state index < -0.39 is 11.1 Å². The number of hydrogen-bond acceptors (Lipinski definition) is 5. The maximum absolute atomic E-state index is 11.3.